The van der Waals surface area contributed by atoms with Crippen molar-refractivity contribution >= 4 is 5.97 Å². The van der Waals surface area contributed by atoms with Gasteiger partial charge < -0.3 is 34.6 Å². The van der Waals surface area contributed by atoms with Crippen LogP contribution >= 0.6 is 0 Å². The van der Waals surface area contributed by atoms with E-state index in [1.165, 1.54) is 12.2 Å². The van der Waals surface area contributed by atoms with Crippen LogP contribution in [-0.4, -0.2) is 76.4 Å². The highest BCUT2D eigenvalue weighted by Crippen LogP contribution is 2.22. The summed E-state index contributed by atoms with van der Waals surface area (Å²) >= 11 is 0. The van der Waals surface area contributed by atoms with E-state index < -0.39 is 49.4 Å². The molecule has 6 atom stereocenters. The second-order valence-electron chi connectivity index (χ2n) is 4.37. The molecule has 0 aromatic carbocycles. The van der Waals surface area contributed by atoms with Gasteiger partial charge in [0.25, 0.3) is 0 Å². The molecule has 2 aliphatic heterocycles. The molecule has 2 rings (SSSR count). The predicted octanol–water partition coefficient (Wildman–Crippen LogP) is -2.72. The first-order chi connectivity index (χ1) is 9.02. The summed E-state index contributed by atoms with van der Waals surface area (Å²) < 4.78 is 15.1. The predicted molar refractivity (Wildman–Crippen MR) is 58.7 cm³/mol. The Morgan fingerprint density at radius 1 is 1.21 bits per heavy atom. The van der Waals surface area contributed by atoms with E-state index in [9.17, 15) is 20.1 Å². The van der Waals surface area contributed by atoms with Crippen LogP contribution in [0.4, 0.5) is 0 Å². The molecule has 8 heteroatoms. The van der Waals surface area contributed by atoms with Gasteiger partial charge in [0, 0.05) is 6.08 Å². The van der Waals surface area contributed by atoms with E-state index in [0.29, 0.717) is 0 Å². The van der Waals surface area contributed by atoms with Crippen LogP contribution in [0.25, 0.3) is 0 Å². The van der Waals surface area contributed by atoms with Crippen molar-refractivity contribution in [3.05, 3.63) is 12.2 Å². The van der Waals surface area contributed by atoms with Crippen LogP contribution < -0.4 is 0 Å². The van der Waals surface area contributed by atoms with E-state index >= 15 is 0 Å². The molecule has 1 fully saturated rings. The van der Waals surface area contributed by atoms with Crippen LogP contribution in [-0.2, 0) is 19.0 Å². The van der Waals surface area contributed by atoms with Crippen molar-refractivity contribution in [3.8, 4) is 0 Å². The maximum absolute atomic E-state index is 10.8. The van der Waals surface area contributed by atoms with Crippen LogP contribution in [0.3, 0.4) is 0 Å². The van der Waals surface area contributed by atoms with Crippen LogP contribution in [0, 0.1) is 0 Å². The lowest BCUT2D eigenvalue weighted by Gasteiger charge is -2.39. The standard InChI is InChI=1S/C11H16O8/c12-3-6-8(14)9(15)10(16)11(19-6)17-4-5-1-2-7(13)18-5/h1-2,5-6,8-12,14-16H,3-4H2/t5-,6+,8+,9+,10-,11-/m0/s1. The Hall–Kier alpha value is -1.03. The van der Waals surface area contributed by atoms with Crippen molar-refractivity contribution in [2.45, 2.75) is 36.8 Å². The van der Waals surface area contributed by atoms with E-state index in [4.69, 9.17) is 19.3 Å². The molecule has 108 valence electrons. The number of rotatable bonds is 4. The average molecular weight is 276 g/mol. The van der Waals surface area contributed by atoms with Crippen molar-refractivity contribution in [2.24, 2.45) is 0 Å². The third kappa shape index (κ3) is 3.11. The number of esters is 1. The second kappa shape index (κ2) is 5.95. The van der Waals surface area contributed by atoms with Gasteiger partial charge in [0.2, 0.25) is 0 Å². The molecule has 0 saturated carbocycles. The lowest BCUT2D eigenvalue weighted by Crippen LogP contribution is -2.59. The molecular formula is C11H16O8. The van der Waals surface area contributed by atoms with Gasteiger partial charge in [-0.2, -0.15) is 0 Å². The SMILES string of the molecule is O=C1C=C[C@@H](CO[C@H]2O[C@H](CO)[C@@H](O)[C@@H](O)[C@@H]2O)O1. The van der Waals surface area contributed by atoms with Gasteiger partial charge in [0.05, 0.1) is 13.2 Å². The van der Waals surface area contributed by atoms with Crippen molar-refractivity contribution in [2.75, 3.05) is 13.2 Å². The van der Waals surface area contributed by atoms with E-state index in [1.54, 1.807) is 0 Å². The number of carbonyl (C=O) groups is 1. The molecule has 0 aromatic heterocycles. The van der Waals surface area contributed by atoms with Gasteiger partial charge in [-0.15, -0.1) is 0 Å². The zero-order valence-corrected chi connectivity index (χ0v) is 9.95. The third-order valence-corrected chi connectivity index (χ3v) is 2.99. The van der Waals surface area contributed by atoms with Gasteiger partial charge >= 0.3 is 5.97 Å². The summed E-state index contributed by atoms with van der Waals surface area (Å²) in [4.78, 5) is 10.8. The Bertz CT molecular complexity index is 355. The van der Waals surface area contributed by atoms with E-state index in [1.807, 2.05) is 0 Å². The first-order valence-corrected chi connectivity index (χ1v) is 5.84. The van der Waals surface area contributed by atoms with Crippen molar-refractivity contribution < 1.29 is 39.4 Å². The molecule has 0 spiro atoms. The summed E-state index contributed by atoms with van der Waals surface area (Å²) in [6.45, 7) is -0.589. The number of hydrogen-bond donors (Lipinski definition) is 4. The highest BCUT2D eigenvalue weighted by molar-refractivity contribution is 5.84. The fraction of sp³-hybridized carbons (Fsp3) is 0.727. The highest BCUT2D eigenvalue weighted by atomic mass is 16.7. The first-order valence-electron chi connectivity index (χ1n) is 5.84. The topological polar surface area (TPSA) is 126 Å². The third-order valence-electron chi connectivity index (χ3n) is 2.99. The molecule has 0 bridgehead atoms. The van der Waals surface area contributed by atoms with Gasteiger partial charge in [-0.05, 0) is 6.08 Å². The van der Waals surface area contributed by atoms with Crippen LogP contribution in [0.2, 0.25) is 0 Å². The summed E-state index contributed by atoms with van der Waals surface area (Å²) in [6.07, 6.45) is -4.46. The molecule has 0 amide bonds. The van der Waals surface area contributed by atoms with E-state index in [0.717, 1.165) is 0 Å². The quantitative estimate of drug-likeness (QED) is 0.408. The summed E-state index contributed by atoms with van der Waals surface area (Å²) in [5, 5.41) is 37.8. The summed E-state index contributed by atoms with van der Waals surface area (Å²) in [7, 11) is 0. The zero-order chi connectivity index (χ0) is 14.0. The van der Waals surface area contributed by atoms with E-state index in [-0.39, 0.29) is 6.61 Å². The van der Waals surface area contributed by atoms with Crippen molar-refractivity contribution in [3.63, 3.8) is 0 Å². The number of hydrogen-bond acceptors (Lipinski definition) is 8. The summed E-state index contributed by atoms with van der Waals surface area (Å²) in [5.74, 6) is -0.484. The number of carbonyl (C=O) groups excluding carboxylic acids is 1. The highest BCUT2D eigenvalue weighted by Gasteiger charge is 2.44. The number of ether oxygens (including phenoxy) is 3. The molecule has 4 N–H and O–H groups in total. The van der Waals surface area contributed by atoms with Crippen LogP contribution in [0.15, 0.2) is 12.2 Å². The molecular weight excluding hydrogens is 260 g/mol. The molecule has 2 heterocycles. The first kappa shape index (κ1) is 14.4. The maximum atomic E-state index is 10.8. The number of aliphatic hydroxyl groups is 4. The minimum atomic E-state index is -1.49. The minimum absolute atomic E-state index is 0.0646. The smallest absolute Gasteiger partial charge is 0.331 e. The summed E-state index contributed by atoms with van der Waals surface area (Å²) in [6, 6.07) is 0. The molecule has 0 aliphatic carbocycles. The normalized spacial score (nSPS) is 42.4. The number of aliphatic hydroxyl groups excluding tert-OH is 4. The van der Waals surface area contributed by atoms with Gasteiger partial charge in [-0.1, -0.05) is 0 Å². The van der Waals surface area contributed by atoms with Gasteiger partial charge in [0.15, 0.2) is 6.29 Å². The molecule has 8 nitrogen and oxygen atoms in total. The number of cyclic esters (lactones) is 1. The Labute approximate surface area is 108 Å². The fourth-order valence-corrected chi connectivity index (χ4v) is 1.90. The lowest BCUT2D eigenvalue weighted by atomic mass is 9.99. The molecule has 0 unspecified atom stereocenters. The summed E-state index contributed by atoms with van der Waals surface area (Å²) in [5.41, 5.74) is 0. The van der Waals surface area contributed by atoms with Crippen molar-refractivity contribution in [1.29, 1.82) is 0 Å². The molecule has 19 heavy (non-hydrogen) atoms. The fourth-order valence-electron chi connectivity index (χ4n) is 1.90. The molecule has 0 radical (unpaired) electrons. The molecule has 0 aromatic rings. The van der Waals surface area contributed by atoms with Gasteiger partial charge in [0.1, 0.15) is 30.5 Å². The molecule has 1 saturated heterocycles. The van der Waals surface area contributed by atoms with Crippen molar-refractivity contribution in [1.82, 2.24) is 0 Å². The van der Waals surface area contributed by atoms with Gasteiger partial charge in [-0.3, -0.25) is 0 Å². The zero-order valence-electron chi connectivity index (χ0n) is 9.95. The lowest BCUT2D eigenvalue weighted by molar-refractivity contribution is -0.303. The minimum Gasteiger partial charge on any atom is -0.452 e. The Morgan fingerprint density at radius 3 is 2.53 bits per heavy atom. The average Bonchev–Trinajstić information content (AvgIpc) is 2.81. The van der Waals surface area contributed by atoms with Crippen LogP contribution in [0.1, 0.15) is 0 Å². The Kier molecular flexibility index (Phi) is 4.50. The largest absolute Gasteiger partial charge is 0.452 e. The molecule has 2 aliphatic rings. The van der Waals surface area contributed by atoms with E-state index in [2.05, 4.69) is 0 Å². The Balaban J connectivity index is 1.88. The Morgan fingerprint density at radius 2 is 1.95 bits per heavy atom. The second-order valence-corrected chi connectivity index (χ2v) is 4.37. The van der Waals surface area contributed by atoms with Crippen LogP contribution in [0.5, 0.6) is 0 Å². The monoisotopic (exact) mass is 276 g/mol. The van der Waals surface area contributed by atoms with Gasteiger partial charge in [-0.25, -0.2) is 4.79 Å². The maximum Gasteiger partial charge on any atom is 0.331 e.